The van der Waals surface area contributed by atoms with Gasteiger partial charge in [-0.05, 0) is 54.8 Å². The summed E-state index contributed by atoms with van der Waals surface area (Å²) in [5.41, 5.74) is 2.72. The minimum atomic E-state index is -1.15. The van der Waals surface area contributed by atoms with E-state index in [9.17, 15) is 24.8 Å². The fraction of sp³-hybridized carbons (Fsp3) is 0.179. The molecule has 1 saturated heterocycles. The summed E-state index contributed by atoms with van der Waals surface area (Å²) in [4.78, 5) is 43.9. The molecular formula is C28H21N3O7S. The SMILES string of the molecule is Cc1cc(C)c2nc(N3C(=O)C(=O)C(=C(O)c4ccc5c(c4)OCCO5)[C@H]3c3cccc([N+](=O)[O-])c3)sc2c1. The summed E-state index contributed by atoms with van der Waals surface area (Å²) >= 11 is 1.23. The smallest absolute Gasteiger partial charge is 0.301 e. The van der Waals surface area contributed by atoms with Crippen LogP contribution in [0.3, 0.4) is 0 Å². The molecule has 10 nitrogen and oxygen atoms in total. The molecule has 6 rings (SSSR count). The van der Waals surface area contributed by atoms with Crippen LogP contribution in [-0.2, 0) is 9.59 Å². The van der Waals surface area contributed by atoms with Gasteiger partial charge in [0.1, 0.15) is 19.0 Å². The van der Waals surface area contributed by atoms with E-state index in [0.717, 1.165) is 15.8 Å². The molecule has 0 bridgehead atoms. The summed E-state index contributed by atoms with van der Waals surface area (Å²) in [6.07, 6.45) is 0. The predicted octanol–water partition coefficient (Wildman–Crippen LogP) is 5.22. The summed E-state index contributed by atoms with van der Waals surface area (Å²) < 4.78 is 12.0. The third-order valence-electron chi connectivity index (χ3n) is 6.68. The van der Waals surface area contributed by atoms with E-state index < -0.39 is 28.4 Å². The second kappa shape index (κ2) is 9.21. The van der Waals surface area contributed by atoms with Crippen LogP contribution in [-0.4, -0.2) is 39.9 Å². The van der Waals surface area contributed by atoms with Crippen molar-refractivity contribution in [3.8, 4) is 11.5 Å². The fourth-order valence-corrected chi connectivity index (χ4v) is 6.13. The van der Waals surface area contributed by atoms with Crippen LogP contribution in [0.5, 0.6) is 11.5 Å². The molecule has 39 heavy (non-hydrogen) atoms. The van der Waals surface area contributed by atoms with Gasteiger partial charge in [0.15, 0.2) is 16.6 Å². The van der Waals surface area contributed by atoms with Crippen LogP contribution in [0, 0.1) is 24.0 Å². The normalized spacial score (nSPS) is 18.1. The van der Waals surface area contributed by atoms with Crippen LogP contribution in [0.2, 0.25) is 0 Å². The number of amides is 1. The maximum absolute atomic E-state index is 13.5. The van der Waals surface area contributed by atoms with E-state index in [0.29, 0.717) is 30.2 Å². The third kappa shape index (κ3) is 4.07. The van der Waals surface area contributed by atoms with E-state index in [1.165, 1.54) is 40.5 Å². The second-order valence-corrected chi connectivity index (χ2v) is 10.3. The molecule has 0 saturated carbocycles. The lowest BCUT2D eigenvalue weighted by atomic mass is 9.95. The van der Waals surface area contributed by atoms with Crippen molar-refractivity contribution in [2.45, 2.75) is 19.9 Å². The standard InChI is InChI=1S/C28H21N3O7S/c1-14-10-15(2)23-21(11-14)39-28(29-23)30-24(16-4-3-5-18(12-16)31(35)36)22(26(33)27(30)34)25(32)17-6-7-19-20(13-17)38-9-8-37-19/h3-7,10-13,24,32H,8-9H2,1-2H3/t24-/m1/s1. The van der Waals surface area contributed by atoms with Gasteiger partial charge in [-0.2, -0.15) is 0 Å². The Morgan fingerprint density at radius 1 is 1.08 bits per heavy atom. The number of non-ortho nitro benzene ring substituents is 1. The van der Waals surface area contributed by atoms with E-state index in [1.54, 1.807) is 18.2 Å². The number of benzene rings is 3. The molecule has 196 valence electrons. The predicted molar refractivity (Wildman–Crippen MR) is 144 cm³/mol. The number of carbonyl (C=O) groups is 2. The summed E-state index contributed by atoms with van der Waals surface area (Å²) in [5.74, 6) is -1.36. The number of aromatic nitrogens is 1. The number of ether oxygens (including phenoxy) is 2. The quantitative estimate of drug-likeness (QED) is 0.122. The average molecular weight is 544 g/mol. The number of rotatable bonds is 4. The molecule has 3 heterocycles. The first-order valence-electron chi connectivity index (χ1n) is 12.1. The Hall–Kier alpha value is -4.77. The second-order valence-electron chi connectivity index (χ2n) is 9.30. The van der Waals surface area contributed by atoms with E-state index in [4.69, 9.17) is 9.47 Å². The molecule has 0 radical (unpaired) electrons. The zero-order valence-corrected chi connectivity index (χ0v) is 21.7. The largest absolute Gasteiger partial charge is 0.507 e. The van der Waals surface area contributed by atoms with E-state index in [-0.39, 0.29) is 27.5 Å². The highest BCUT2D eigenvalue weighted by atomic mass is 32.1. The van der Waals surface area contributed by atoms with Crippen LogP contribution >= 0.6 is 11.3 Å². The summed E-state index contributed by atoms with van der Waals surface area (Å²) in [6, 6.07) is 13.1. The number of thiazole rings is 1. The van der Waals surface area contributed by atoms with Gasteiger partial charge in [-0.1, -0.05) is 29.5 Å². The van der Waals surface area contributed by atoms with Gasteiger partial charge in [-0.25, -0.2) is 4.98 Å². The number of ketones is 1. The Morgan fingerprint density at radius 3 is 2.62 bits per heavy atom. The molecule has 11 heteroatoms. The zero-order chi connectivity index (χ0) is 27.4. The molecule has 1 atom stereocenters. The maximum Gasteiger partial charge on any atom is 0.301 e. The molecule has 2 aliphatic heterocycles. The van der Waals surface area contributed by atoms with Gasteiger partial charge >= 0.3 is 5.91 Å². The van der Waals surface area contributed by atoms with Crippen molar-refractivity contribution >= 4 is 49.8 Å². The Balaban J connectivity index is 1.57. The van der Waals surface area contributed by atoms with Crippen molar-refractivity contribution in [3.63, 3.8) is 0 Å². The number of nitrogens with zero attached hydrogens (tertiary/aromatic N) is 3. The number of aryl methyl sites for hydroxylation is 2. The number of nitro benzene ring substituents is 1. The highest BCUT2D eigenvalue weighted by Gasteiger charge is 2.48. The number of aliphatic hydroxyl groups is 1. The number of hydrogen-bond donors (Lipinski definition) is 1. The molecule has 3 aromatic carbocycles. The van der Waals surface area contributed by atoms with Gasteiger partial charge in [-0.15, -0.1) is 0 Å². The summed E-state index contributed by atoms with van der Waals surface area (Å²) in [6.45, 7) is 4.57. The number of carbonyl (C=O) groups excluding carboxylic acids is 2. The molecule has 0 unspecified atom stereocenters. The van der Waals surface area contributed by atoms with Gasteiger partial charge < -0.3 is 14.6 Å². The van der Waals surface area contributed by atoms with Gasteiger partial charge in [0.2, 0.25) is 0 Å². The van der Waals surface area contributed by atoms with Gasteiger partial charge in [0.25, 0.3) is 11.5 Å². The van der Waals surface area contributed by atoms with Crippen LogP contribution in [0.4, 0.5) is 10.8 Å². The topological polar surface area (TPSA) is 132 Å². The van der Waals surface area contributed by atoms with Crippen LogP contribution < -0.4 is 14.4 Å². The maximum atomic E-state index is 13.5. The fourth-order valence-electron chi connectivity index (χ4n) is 4.96. The van der Waals surface area contributed by atoms with Crippen LogP contribution in [0.15, 0.2) is 60.2 Å². The molecule has 1 fully saturated rings. The number of nitro groups is 1. The van der Waals surface area contributed by atoms with Crippen LogP contribution in [0.25, 0.3) is 16.0 Å². The Bertz CT molecular complexity index is 1740. The number of anilines is 1. The van der Waals surface area contributed by atoms with Gasteiger partial charge in [-0.3, -0.25) is 24.6 Å². The van der Waals surface area contributed by atoms with Crippen molar-refractivity contribution in [1.82, 2.24) is 4.98 Å². The third-order valence-corrected chi connectivity index (χ3v) is 7.68. The molecule has 1 N–H and O–H groups in total. The number of fused-ring (bicyclic) bond motifs is 2. The lowest BCUT2D eigenvalue weighted by Crippen LogP contribution is -2.29. The highest BCUT2D eigenvalue weighted by Crippen LogP contribution is 2.46. The minimum absolute atomic E-state index is 0.204. The van der Waals surface area contributed by atoms with Gasteiger partial charge in [0.05, 0.1) is 26.8 Å². The zero-order valence-electron chi connectivity index (χ0n) is 20.8. The monoisotopic (exact) mass is 543 g/mol. The Labute approximate surface area is 225 Å². The van der Waals surface area contributed by atoms with E-state index in [1.807, 2.05) is 26.0 Å². The summed E-state index contributed by atoms with van der Waals surface area (Å²) in [5, 5.41) is 23.3. The first-order chi connectivity index (χ1) is 18.7. The molecule has 1 amide bonds. The van der Waals surface area contributed by atoms with Crippen molar-refractivity contribution in [2.75, 3.05) is 18.1 Å². The molecule has 1 aromatic heterocycles. The number of aliphatic hydroxyl groups excluding tert-OH is 1. The highest BCUT2D eigenvalue weighted by molar-refractivity contribution is 7.22. The first kappa shape index (κ1) is 24.6. The van der Waals surface area contributed by atoms with Crippen molar-refractivity contribution < 1.29 is 29.1 Å². The summed E-state index contributed by atoms with van der Waals surface area (Å²) in [7, 11) is 0. The van der Waals surface area contributed by atoms with Crippen LogP contribution in [0.1, 0.15) is 28.3 Å². The molecule has 0 spiro atoms. The number of hydrogen-bond acceptors (Lipinski definition) is 9. The first-order valence-corrected chi connectivity index (χ1v) is 12.9. The molecule has 0 aliphatic carbocycles. The van der Waals surface area contributed by atoms with Crippen molar-refractivity contribution in [2.24, 2.45) is 0 Å². The Kier molecular flexibility index (Phi) is 5.80. The van der Waals surface area contributed by atoms with E-state index in [2.05, 4.69) is 4.98 Å². The minimum Gasteiger partial charge on any atom is -0.507 e. The van der Waals surface area contributed by atoms with Crippen molar-refractivity contribution in [1.29, 1.82) is 0 Å². The molecule has 2 aliphatic rings. The lowest BCUT2D eigenvalue weighted by Gasteiger charge is -2.23. The average Bonchev–Trinajstić information content (AvgIpc) is 3.46. The molecular weight excluding hydrogens is 522 g/mol. The lowest BCUT2D eigenvalue weighted by molar-refractivity contribution is -0.384. The van der Waals surface area contributed by atoms with Gasteiger partial charge in [0, 0.05) is 17.7 Å². The van der Waals surface area contributed by atoms with Crippen molar-refractivity contribution in [3.05, 3.63) is 92.5 Å². The Morgan fingerprint density at radius 2 is 1.85 bits per heavy atom. The number of Topliss-reactive ketones (excluding diaryl/α,β-unsaturated/α-hetero) is 1. The molecule has 4 aromatic rings. The van der Waals surface area contributed by atoms with E-state index >= 15 is 0 Å².